The Morgan fingerprint density at radius 3 is 2.94 bits per heavy atom. The number of methoxy groups -OCH3 is 1. The van der Waals surface area contributed by atoms with Gasteiger partial charge in [0.2, 0.25) is 0 Å². The van der Waals surface area contributed by atoms with Crippen LogP contribution in [0.25, 0.3) is 10.9 Å². The maximum absolute atomic E-state index is 13.5. The maximum atomic E-state index is 13.5. The van der Waals surface area contributed by atoms with E-state index in [1.54, 1.807) is 6.07 Å². The number of pyridine rings is 1. The summed E-state index contributed by atoms with van der Waals surface area (Å²) in [5.41, 5.74) is 0.608. The monoisotopic (exact) mass is 235 g/mol. The van der Waals surface area contributed by atoms with E-state index in [9.17, 15) is 9.18 Å². The van der Waals surface area contributed by atoms with E-state index in [0.29, 0.717) is 16.7 Å². The van der Waals surface area contributed by atoms with Gasteiger partial charge in [0, 0.05) is 17.1 Å². The van der Waals surface area contributed by atoms with Gasteiger partial charge in [0.1, 0.15) is 17.1 Å². The predicted octanol–water partition coefficient (Wildman–Crippen LogP) is 2.01. The number of hydrogen-bond donors (Lipinski definition) is 1. The lowest BCUT2D eigenvalue weighted by atomic mass is 10.1. The maximum Gasteiger partial charge on any atom is 0.308 e. The summed E-state index contributed by atoms with van der Waals surface area (Å²) in [6.45, 7) is 0. The molecule has 0 bridgehead atoms. The van der Waals surface area contributed by atoms with E-state index in [2.05, 4.69) is 4.98 Å². The highest BCUT2D eigenvalue weighted by Crippen LogP contribution is 2.29. The van der Waals surface area contributed by atoms with Gasteiger partial charge in [0.15, 0.2) is 0 Å². The standard InChI is InChI=1S/C12H10FNO3/c1-17-12-7(5-10(15)16)6-14-11-8(12)3-2-4-9(11)13/h2-4,6H,5H2,1H3,(H,15,16). The molecule has 0 fully saturated rings. The molecule has 0 aliphatic carbocycles. The van der Waals surface area contributed by atoms with E-state index in [-0.39, 0.29) is 11.9 Å². The van der Waals surface area contributed by atoms with Crippen LogP contribution in [0.2, 0.25) is 0 Å². The van der Waals surface area contributed by atoms with Gasteiger partial charge in [-0.2, -0.15) is 0 Å². The van der Waals surface area contributed by atoms with Gasteiger partial charge < -0.3 is 9.84 Å². The lowest BCUT2D eigenvalue weighted by Gasteiger charge is -2.09. The second-order valence-electron chi connectivity index (χ2n) is 3.52. The van der Waals surface area contributed by atoms with E-state index >= 15 is 0 Å². The number of ether oxygens (including phenoxy) is 1. The van der Waals surface area contributed by atoms with E-state index in [1.807, 2.05) is 0 Å². The summed E-state index contributed by atoms with van der Waals surface area (Å²) in [5.74, 6) is -1.08. The highest BCUT2D eigenvalue weighted by molar-refractivity contribution is 5.88. The molecule has 0 spiro atoms. The number of para-hydroxylation sites is 1. The summed E-state index contributed by atoms with van der Waals surface area (Å²) in [5, 5.41) is 9.23. The van der Waals surface area contributed by atoms with Gasteiger partial charge in [-0.3, -0.25) is 9.78 Å². The number of aromatic nitrogens is 1. The first-order valence-corrected chi connectivity index (χ1v) is 4.95. The summed E-state index contributed by atoms with van der Waals surface area (Å²) >= 11 is 0. The molecule has 17 heavy (non-hydrogen) atoms. The first-order chi connectivity index (χ1) is 8.13. The van der Waals surface area contributed by atoms with Crippen molar-refractivity contribution in [2.45, 2.75) is 6.42 Å². The SMILES string of the molecule is COc1c(CC(=O)O)cnc2c(F)cccc12. The van der Waals surface area contributed by atoms with Crippen LogP contribution in [0.5, 0.6) is 5.75 Å². The zero-order valence-electron chi connectivity index (χ0n) is 9.11. The third kappa shape index (κ3) is 2.04. The van der Waals surface area contributed by atoms with Gasteiger partial charge in [-0.25, -0.2) is 4.39 Å². The molecule has 2 aromatic rings. The van der Waals surface area contributed by atoms with Gasteiger partial charge in [-0.1, -0.05) is 6.07 Å². The van der Waals surface area contributed by atoms with Crippen molar-refractivity contribution < 1.29 is 19.0 Å². The Kier molecular flexibility index (Phi) is 2.91. The van der Waals surface area contributed by atoms with Crippen LogP contribution in [-0.4, -0.2) is 23.2 Å². The Balaban J connectivity index is 2.69. The van der Waals surface area contributed by atoms with Crippen molar-refractivity contribution in [1.82, 2.24) is 4.98 Å². The van der Waals surface area contributed by atoms with Crippen LogP contribution in [-0.2, 0) is 11.2 Å². The predicted molar refractivity (Wildman–Crippen MR) is 59.6 cm³/mol. The number of carboxylic acids is 1. The largest absolute Gasteiger partial charge is 0.496 e. The minimum absolute atomic E-state index is 0.179. The Hall–Kier alpha value is -2.17. The van der Waals surface area contributed by atoms with E-state index in [0.717, 1.165) is 0 Å². The summed E-state index contributed by atoms with van der Waals surface area (Å²) in [6, 6.07) is 4.48. The number of rotatable bonds is 3. The number of aliphatic carboxylic acids is 1. The molecular weight excluding hydrogens is 225 g/mol. The van der Waals surface area contributed by atoms with Gasteiger partial charge in [-0.05, 0) is 12.1 Å². The van der Waals surface area contributed by atoms with Crippen molar-refractivity contribution in [2.75, 3.05) is 7.11 Å². The van der Waals surface area contributed by atoms with E-state index in [1.165, 1.54) is 25.4 Å². The van der Waals surface area contributed by atoms with Crippen LogP contribution in [0.3, 0.4) is 0 Å². The Morgan fingerprint density at radius 1 is 1.53 bits per heavy atom. The quantitative estimate of drug-likeness (QED) is 0.884. The molecule has 0 atom stereocenters. The molecule has 0 amide bonds. The lowest BCUT2D eigenvalue weighted by molar-refractivity contribution is -0.136. The minimum Gasteiger partial charge on any atom is -0.496 e. The molecule has 1 aromatic heterocycles. The summed E-state index contributed by atoms with van der Waals surface area (Å²) in [7, 11) is 1.42. The Bertz CT molecular complexity index is 583. The van der Waals surface area contributed by atoms with Crippen molar-refractivity contribution in [2.24, 2.45) is 0 Å². The van der Waals surface area contributed by atoms with Gasteiger partial charge in [0.05, 0.1) is 13.5 Å². The second kappa shape index (κ2) is 4.37. The minimum atomic E-state index is -0.985. The van der Waals surface area contributed by atoms with Gasteiger partial charge in [0.25, 0.3) is 0 Å². The Labute approximate surface area is 96.7 Å². The molecule has 0 radical (unpaired) electrons. The molecule has 2 rings (SSSR count). The topological polar surface area (TPSA) is 59.4 Å². The number of carbonyl (C=O) groups is 1. The summed E-state index contributed by atoms with van der Waals surface area (Å²) in [4.78, 5) is 14.6. The summed E-state index contributed by atoms with van der Waals surface area (Å²) in [6.07, 6.45) is 1.13. The molecule has 0 aliphatic rings. The number of benzene rings is 1. The fourth-order valence-corrected chi connectivity index (χ4v) is 1.73. The van der Waals surface area contributed by atoms with Crippen LogP contribution in [0.4, 0.5) is 4.39 Å². The third-order valence-corrected chi connectivity index (χ3v) is 2.42. The lowest BCUT2D eigenvalue weighted by Crippen LogP contribution is -2.04. The van der Waals surface area contributed by atoms with Crippen molar-refractivity contribution in [1.29, 1.82) is 0 Å². The third-order valence-electron chi connectivity index (χ3n) is 2.42. The number of carboxylic acid groups (broad SMARTS) is 1. The first-order valence-electron chi connectivity index (χ1n) is 4.95. The number of hydrogen-bond acceptors (Lipinski definition) is 3. The van der Waals surface area contributed by atoms with Gasteiger partial charge >= 0.3 is 5.97 Å². The Morgan fingerprint density at radius 2 is 2.29 bits per heavy atom. The van der Waals surface area contributed by atoms with Crippen LogP contribution in [0, 0.1) is 5.82 Å². The number of nitrogens with zero attached hydrogens (tertiary/aromatic N) is 1. The smallest absolute Gasteiger partial charge is 0.308 e. The van der Waals surface area contributed by atoms with Crippen LogP contribution < -0.4 is 4.74 Å². The molecule has 0 unspecified atom stereocenters. The van der Waals surface area contributed by atoms with E-state index < -0.39 is 11.8 Å². The first kappa shape index (κ1) is 11.3. The van der Waals surface area contributed by atoms with Crippen LogP contribution in [0.15, 0.2) is 24.4 Å². The van der Waals surface area contributed by atoms with Crippen molar-refractivity contribution >= 4 is 16.9 Å². The molecule has 4 nitrogen and oxygen atoms in total. The molecule has 1 aromatic carbocycles. The zero-order valence-corrected chi connectivity index (χ0v) is 9.11. The fourth-order valence-electron chi connectivity index (χ4n) is 1.73. The molecular formula is C12H10FNO3. The van der Waals surface area contributed by atoms with Crippen molar-refractivity contribution in [3.63, 3.8) is 0 Å². The van der Waals surface area contributed by atoms with Crippen molar-refractivity contribution in [3.05, 3.63) is 35.8 Å². The number of fused-ring (bicyclic) bond motifs is 1. The molecule has 0 aliphatic heterocycles. The van der Waals surface area contributed by atoms with Crippen LogP contribution >= 0.6 is 0 Å². The second-order valence-corrected chi connectivity index (χ2v) is 3.52. The molecule has 0 saturated heterocycles. The zero-order chi connectivity index (χ0) is 12.4. The van der Waals surface area contributed by atoms with E-state index in [4.69, 9.17) is 9.84 Å². The molecule has 5 heteroatoms. The highest BCUT2D eigenvalue weighted by Gasteiger charge is 2.13. The van der Waals surface area contributed by atoms with Crippen molar-refractivity contribution in [3.8, 4) is 5.75 Å². The molecule has 0 saturated carbocycles. The average Bonchev–Trinajstić information content (AvgIpc) is 2.28. The van der Waals surface area contributed by atoms with Crippen LogP contribution in [0.1, 0.15) is 5.56 Å². The van der Waals surface area contributed by atoms with Gasteiger partial charge in [-0.15, -0.1) is 0 Å². The summed E-state index contributed by atoms with van der Waals surface area (Å²) < 4.78 is 18.6. The molecule has 88 valence electrons. The normalized spacial score (nSPS) is 10.5. The highest BCUT2D eigenvalue weighted by atomic mass is 19.1. The average molecular weight is 235 g/mol. The number of halogens is 1. The fraction of sp³-hybridized carbons (Fsp3) is 0.167. The molecule has 1 N–H and O–H groups in total. The molecule has 1 heterocycles.